The predicted molar refractivity (Wildman–Crippen MR) is 97.8 cm³/mol. The van der Waals surface area contributed by atoms with Gasteiger partial charge in [0.05, 0.1) is 25.8 Å². The number of likely N-dealkylation sites (tertiary alicyclic amines) is 1. The van der Waals surface area contributed by atoms with Crippen LogP contribution in [-0.2, 0) is 11.3 Å². The third kappa shape index (κ3) is 4.11. The van der Waals surface area contributed by atoms with Crippen LogP contribution in [-0.4, -0.2) is 43.1 Å². The molecule has 0 saturated carbocycles. The number of piperidine rings is 1. The van der Waals surface area contributed by atoms with Crippen LogP contribution >= 0.6 is 11.3 Å². The monoisotopic (exact) mass is 361 g/mol. The molecule has 0 radical (unpaired) electrons. The lowest BCUT2D eigenvalue weighted by atomic mass is 9.97. The third-order valence-corrected chi connectivity index (χ3v) is 5.42. The van der Waals surface area contributed by atoms with E-state index in [0.717, 1.165) is 48.7 Å². The zero-order chi connectivity index (χ0) is 17.8. The predicted octanol–water partition coefficient (Wildman–Crippen LogP) is 2.52. The van der Waals surface area contributed by atoms with E-state index < -0.39 is 0 Å². The fraction of sp³-hybridized carbons (Fsp3) is 0.444. The Morgan fingerprint density at radius 2 is 2.16 bits per heavy atom. The van der Waals surface area contributed by atoms with Crippen molar-refractivity contribution in [2.24, 2.45) is 11.7 Å². The second-order valence-electron chi connectivity index (χ2n) is 6.19. The van der Waals surface area contributed by atoms with Crippen molar-refractivity contribution < 1.29 is 14.3 Å². The molecule has 1 amide bonds. The summed E-state index contributed by atoms with van der Waals surface area (Å²) in [6.07, 6.45) is 1.89. The molecular weight excluding hydrogens is 338 g/mol. The fourth-order valence-electron chi connectivity index (χ4n) is 3.14. The third-order valence-electron chi connectivity index (χ3n) is 4.48. The lowest BCUT2D eigenvalue weighted by Gasteiger charge is -2.30. The number of nitrogens with zero attached hydrogens (tertiary/aromatic N) is 2. The standard InChI is InChI=1S/C18H23N3O3S/c1-23-15-6-5-12(8-16(15)24-2)18-20-14(11-25-18)10-21-7-3-4-13(9-21)17(19)22/h5-6,8,11,13H,3-4,7,9-10H2,1-2H3,(H2,19,22)/t13-/m1/s1. The Kier molecular flexibility index (Phi) is 5.55. The van der Waals surface area contributed by atoms with Gasteiger partial charge < -0.3 is 15.2 Å². The first-order chi connectivity index (χ1) is 12.1. The topological polar surface area (TPSA) is 77.7 Å². The van der Waals surface area contributed by atoms with Crippen molar-refractivity contribution in [1.82, 2.24) is 9.88 Å². The second kappa shape index (κ2) is 7.84. The number of rotatable bonds is 6. The lowest BCUT2D eigenvalue weighted by Crippen LogP contribution is -2.40. The smallest absolute Gasteiger partial charge is 0.221 e. The van der Waals surface area contributed by atoms with Gasteiger partial charge in [-0.2, -0.15) is 0 Å². The Bertz CT molecular complexity index is 747. The molecule has 6 nitrogen and oxygen atoms in total. The molecule has 1 saturated heterocycles. The maximum atomic E-state index is 11.4. The molecule has 2 aromatic rings. The van der Waals surface area contributed by atoms with Crippen molar-refractivity contribution in [1.29, 1.82) is 0 Å². The molecule has 1 atom stereocenters. The summed E-state index contributed by atoms with van der Waals surface area (Å²) >= 11 is 1.61. The number of primary amides is 1. The maximum absolute atomic E-state index is 11.4. The number of hydrogen-bond donors (Lipinski definition) is 1. The number of benzene rings is 1. The number of ether oxygens (including phenoxy) is 2. The Balaban J connectivity index is 1.71. The molecule has 1 aliphatic heterocycles. The Morgan fingerprint density at radius 1 is 1.36 bits per heavy atom. The highest BCUT2D eigenvalue weighted by atomic mass is 32.1. The van der Waals surface area contributed by atoms with Crippen LogP contribution in [0.1, 0.15) is 18.5 Å². The molecule has 0 bridgehead atoms. The minimum atomic E-state index is -0.200. The van der Waals surface area contributed by atoms with E-state index in [2.05, 4.69) is 10.3 Å². The van der Waals surface area contributed by atoms with Gasteiger partial charge in [-0.3, -0.25) is 9.69 Å². The first-order valence-corrected chi connectivity index (χ1v) is 9.17. The van der Waals surface area contributed by atoms with E-state index in [-0.39, 0.29) is 11.8 Å². The molecule has 1 aromatic heterocycles. The fourth-order valence-corrected chi connectivity index (χ4v) is 3.95. The Hall–Kier alpha value is -2.12. The van der Waals surface area contributed by atoms with E-state index in [4.69, 9.17) is 20.2 Å². The van der Waals surface area contributed by atoms with Crippen molar-refractivity contribution in [2.45, 2.75) is 19.4 Å². The largest absolute Gasteiger partial charge is 0.493 e. The highest BCUT2D eigenvalue weighted by molar-refractivity contribution is 7.13. The van der Waals surface area contributed by atoms with Gasteiger partial charge in [0.25, 0.3) is 0 Å². The summed E-state index contributed by atoms with van der Waals surface area (Å²) in [6.45, 7) is 2.44. The quantitative estimate of drug-likeness (QED) is 0.855. The number of amides is 1. The lowest BCUT2D eigenvalue weighted by molar-refractivity contribution is -0.123. The summed E-state index contributed by atoms with van der Waals surface area (Å²) in [6, 6.07) is 5.80. The number of methoxy groups -OCH3 is 2. The Morgan fingerprint density at radius 3 is 2.88 bits per heavy atom. The number of carbonyl (C=O) groups excluding carboxylic acids is 1. The highest BCUT2D eigenvalue weighted by Crippen LogP contribution is 2.33. The van der Waals surface area contributed by atoms with E-state index in [9.17, 15) is 4.79 Å². The summed E-state index contributed by atoms with van der Waals surface area (Å²) in [7, 11) is 3.25. The molecule has 134 valence electrons. The van der Waals surface area contributed by atoms with Crippen molar-refractivity contribution >= 4 is 17.2 Å². The van der Waals surface area contributed by atoms with Gasteiger partial charge in [0.2, 0.25) is 5.91 Å². The van der Waals surface area contributed by atoms with Gasteiger partial charge in [0, 0.05) is 24.0 Å². The van der Waals surface area contributed by atoms with E-state index in [1.165, 1.54) is 0 Å². The molecule has 2 N–H and O–H groups in total. The van der Waals surface area contributed by atoms with E-state index in [1.54, 1.807) is 25.6 Å². The van der Waals surface area contributed by atoms with Gasteiger partial charge in [-0.1, -0.05) is 0 Å². The summed E-state index contributed by atoms with van der Waals surface area (Å²) < 4.78 is 10.6. The van der Waals surface area contributed by atoms with Gasteiger partial charge in [0.15, 0.2) is 11.5 Å². The van der Waals surface area contributed by atoms with Crippen LogP contribution in [0.2, 0.25) is 0 Å². The molecule has 2 heterocycles. The first kappa shape index (κ1) is 17.7. The van der Waals surface area contributed by atoms with E-state index in [1.807, 2.05) is 18.2 Å². The van der Waals surface area contributed by atoms with Crippen molar-refractivity contribution in [3.8, 4) is 22.1 Å². The summed E-state index contributed by atoms with van der Waals surface area (Å²) in [4.78, 5) is 18.4. The molecule has 25 heavy (non-hydrogen) atoms. The minimum absolute atomic E-state index is 0.0438. The van der Waals surface area contributed by atoms with Crippen LogP contribution < -0.4 is 15.2 Å². The molecule has 3 rings (SSSR count). The highest BCUT2D eigenvalue weighted by Gasteiger charge is 2.24. The summed E-state index contributed by atoms with van der Waals surface area (Å²) in [5.41, 5.74) is 7.47. The number of hydrogen-bond acceptors (Lipinski definition) is 6. The van der Waals surface area contributed by atoms with Gasteiger partial charge in [-0.05, 0) is 37.6 Å². The average molecular weight is 361 g/mol. The maximum Gasteiger partial charge on any atom is 0.221 e. The van der Waals surface area contributed by atoms with Crippen LogP contribution in [0.15, 0.2) is 23.6 Å². The first-order valence-electron chi connectivity index (χ1n) is 8.29. The number of nitrogens with two attached hydrogens (primary N) is 1. The second-order valence-corrected chi connectivity index (χ2v) is 7.05. The van der Waals surface area contributed by atoms with Crippen LogP contribution in [0, 0.1) is 5.92 Å². The molecule has 1 fully saturated rings. The molecule has 0 unspecified atom stereocenters. The van der Waals surface area contributed by atoms with Gasteiger partial charge in [0.1, 0.15) is 5.01 Å². The molecule has 1 aliphatic rings. The summed E-state index contributed by atoms with van der Waals surface area (Å²) in [5, 5.41) is 3.01. The number of carbonyl (C=O) groups is 1. The van der Waals surface area contributed by atoms with Crippen LogP contribution in [0.3, 0.4) is 0 Å². The van der Waals surface area contributed by atoms with Gasteiger partial charge >= 0.3 is 0 Å². The van der Waals surface area contributed by atoms with E-state index >= 15 is 0 Å². The summed E-state index contributed by atoms with van der Waals surface area (Å²) in [5.74, 6) is 1.15. The van der Waals surface area contributed by atoms with Crippen LogP contribution in [0.25, 0.3) is 10.6 Å². The molecule has 0 aliphatic carbocycles. The van der Waals surface area contributed by atoms with Gasteiger partial charge in [-0.15, -0.1) is 11.3 Å². The number of aromatic nitrogens is 1. The zero-order valence-corrected chi connectivity index (χ0v) is 15.3. The molecule has 0 spiro atoms. The SMILES string of the molecule is COc1ccc(-c2nc(CN3CCC[C@@H](C(N)=O)C3)cs2)cc1OC. The Labute approximate surface area is 151 Å². The van der Waals surface area contributed by atoms with Gasteiger partial charge in [-0.25, -0.2) is 4.98 Å². The van der Waals surface area contributed by atoms with Crippen molar-refractivity contribution in [2.75, 3.05) is 27.3 Å². The van der Waals surface area contributed by atoms with E-state index in [0.29, 0.717) is 11.5 Å². The average Bonchev–Trinajstić information content (AvgIpc) is 3.09. The molecule has 7 heteroatoms. The number of thiazole rings is 1. The van der Waals surface area contributed by atoms with Crippen LogP contribution in [0.5, 0.6) is 11.5 Å². The molecule has 1 aromatic carbocycles. The molecular formula is C18H23N3O3S. The van der Waals surface area contributed by atoms with Crippen LogP contribution in [0.4, 0.5) is 0 Å². The normalized spacial score (nSPS) is 18.1. The zero-order valence-electron chi connectivity index (χ0n) is 14.5. The minimum Gasteiger partial charge on any atom is -0.493 e. The van der Waals surface area contributed by atoms with Crippen molar-refractivity contribution in [3.05, 3.63) is 29.3 Å². The van der Waals surface area contributed by atoms with Crippen molar-refractivity contribution in [3.63, 3.8) is 0 Å².